The summed E-state index contributed by atoms with van der Waals surface area (Å²) in [5.41, 5.74) is 1.64. The van der Waals surface area contributed by atoms with Gasteiger partial charge in [-0.25, -0.2) is 0 Å². The molecule has 0 aliphatic heterocycles. The number of rotatable bonds is 5. The molecule has 0 fully saturated rings. The molecule has 0 amide bonds. The Kier molecular flexibility index (Phi) is 4.05. The minimum Gasteiger partial charge on any atom is -0.303 e. The summed E-state index contributed by atoms with van der Waals surface area (Å²) in [5.74, 6) is -0.0271. The lowest BCUT2D eigenvalue weighted by Gasteiger charge is -2.08. The van der Waals surface area contributed by atoms with Gasteiger partial charge in [0.1, 0.15) is 12.6 Å². The quantitative estimate of drug-likeness (QED) is 0.669. The van der Waals surface area contributed by atoms with Gasteiger partial charge < -0.3 is 4.79 Å². The van der Waals surface area contributed by atoms with Crippen LogP contribution in [0.25, 0.3) is 0 Å². The first-order chi connectivity index (χ1) is 6.81. The van der Waals surface area contributed by atoms with Crippen LogP contribution in [-0.4, -0.2) is 12.6 Å². The maximum Gasteiger partial charge on any atom is 0.150 e. The monoisotopic (exact) mass is 190 g/mol. The second kappa shape index (κ2) is 5.32. The van der Waals surface area contributed by atoms with Crippen LogP contribution >= 0.6 is 0 Å². The third-order valence-electron chi connectivity index (χ3n) is 2.26. The lowest BCUT2D eigenvalue weighted by atomic mass is 9.95. The van der Waals surface area contributed by atoms with Crippen molar-refractivity contribution >= 4 is 12.6 Å². The van der Waals surface area contributed by atoms with Crippen molar-refractivity contribution in [2.75, 3.05) is 0 Å². The van der Waals surface area contributed by atoms with Crippen LogP contribution in [0.3, 0.4) is 0 Å². The van der Waals surface area contributed by atoms with Crippen molar-refractivity contribution in [1.29, 1.82) is 0 Å². The van der Waals surface area contributed by atoms with Gasteiger partial charge in [0.25, 0.3) is 0 Å². The lowest BCUT2D eigenvalue weighted by Crippen LogP contribution is -1.99. The fraction of sp³-hybridized carbons (Fsp3) is 0.333. The van der Waals surface area contributed by atoms with E-state index >= 15 is 0 Å². The molecule has 0 aliphatic rings. The van der Waals surface area contributed by atoms with E-state index < -0.39 is 0 Å². The first-order valence-corrected chi connectivity index (χ1v) is 4.82. The minimum absolute atomic E-state index is 0.0271. The number of hydrogen-bond acceptors (Lipinski definition) is 2. The normalized spacial score (nSPS) is 12.1. The summed E-state index contributed by atoms with van der Waals surface area (Å²) in [5, 5.41) is 0. The summed E-state index contributed by atoms with van der Waals surface area (Å²) >= 11 is 0. The van der Waals surface area contributed by atoms with Gasteiger partial charge >= 0.3 is 0 Å². The molecule has 0 radical (unpaired) electrons. The van der Waals surface area contributed by atoms with Crippen LogP contribution in [0.2, 0.25) is 0 Å². The summed E-state index contributed by atoms with van der Waals surface area (Å²) in [6.45, 7) is 2.05. The second-order valence-electron chi connectivity index (χ2n) is 3.32. The Balaban J connectivity index is 2.83. The topological polar surface area (TPSA) is 34.1 Å². The van der Waals surface area contributed by atoms with Crippen LogP contribution in [0.5, 0.6) is 0 Å². The van der Waals surface area contributed by atoms with Gasteiger partial charge in [0.05, 0.1) is 0 Å². The van der Waals surface area contributed by atoms with E-state index in [9.17, 15) is 9.59 Å². The van der Waals surface area contributed by atoms with E-state index in [1.165, 1.54) is 0 Å². The fourth-order valence-electron chi connectivity index (χ4n) is 1.45. The second-order valence-corrected chi connectivity index (χ2v) is 3.32. The van der Waals surface area contributed by atoms with E-state index in [1.807, 2.05) is 12.1 Å². The van der Waals surface area contributed by atoms with Crippen LogP contribution in [0.1, 0.15) is 41.6 Å². The summed E-state index contributed by atoms with van der Waals surface area (Å²) in [4.78, 5) is 21.2. The summed E-state index contributed by atoms with van der Waals surface area (Å²) in [6.07, 6.45) is 3.63. The zero-order chi connectivity index (χ0) is 10.4. The Morgan fingerprint density at radius 1 is 1.21 bits per heavy atom. The smallest absolute Gasteiger partial charge is 0.150 e. The van der Waals surface area contributed by atoms with Crippen molar-refractivity contribution in [3.63, 3.8) is 0 Å². The van der Waals surface area contributed by atoms with Crippen LogP contribution in [-0.2, 0) is 4.79 Å². The zero-order valence-electron chi connectivity index (χ0n) is 8.27. The summed E-state index contributed by atoms with van der Waals surface area (Å²) < 4.78 is 0. The van der Waals surface area contributed by atoms with E-state index in [4.69, 9.17) is 0 Å². The zero-order valence-corrected chi connectivity index (χ0v) is 8.27. The molecule has 0 spiro atoms. The van der Waals surface area contributed by atoms with E-state index in [-0.39, 0.29) is 5.92 Å². The molecule has 0 aromatic heterocycles. The highest BCUT2D eigenvalue weighted by molar-refractivity contribution is 5.75. The summed E-state index contributed by atoms with van der Waals surface area (Å²) in [7, 11) is 0. The van der Waals surface area contributed by atoms with E-state index in [1.54, 1.807) is 12.1 Å². The molecule has 1 aromatic carbocycles. The third kappa shape index (κ3) is 2.52. The third-order valence-corrected chi connectivity index (χ3v) is 2.26. The number of carbonyl (C=O) groups excluding carboxylic acids is 2. The predicted molar refractivity (Wildman–Crippen MR) is 55.5 cm³/mol. The van der Waals surface area contributed by atoms with Crippen molar-refractivity contribution in [3.8, 4) is 0 Å². The highest BCUT2D eigenvalue weighted by Gasteiger charge is 2.08. The Labute approximate surface area is 83.9 Å². The molecule has 1 atom stereocenters. The van der Waals surface area contributed by atoms with Crippen molar-refractivity contribution in [2.45, 2.75) is 25.7 Å². The number of hydrogen-bond donors (Lipinski definition) is 0. The van der Waals surface area contributed by atoms with Gasteiger partial charge in [0, 0.05) is 11.5 Å². The molecule has 1 rings (SSSR count). The molecule has 2 heteroatoms. The largest absolute Gasteiger partial charge is 0.303 e. The number of carbonyl (C=O) groups is 2. The molecule has 0 N–H and O–H groups in total. The maximum atomic E-state index is 10.8. The van der Waals surface area contributed by atoms with E-state index in [0.29, 0.717) is 5.56 Å². The lowest BCUT2D eigenvalue weighted by molar-refractivity contribution is -0.109. The van der Waals surface area contributed by atoms with Crippen molar-refractivity contribution in [1.82, 2.24) is 0 Å². The molecule has 74 valence electrons. The van der Waals surface area contributed by atoms with Crippen molar-refractivity contribution in [2.24, 2.45) is 0 Å². The molecule has 0 saturated heterocycles. The van der Waals surface area contributed by atoms with Gasteiger partial charge in [-0.1, -0.05) is 37.6 Å². The Morgan fingerprint density at radius 3 is 2.29 bits per heavy atom. The van der Waals surface area contributed by atoms with E-state index in [2.05, 4.69) is 6.92 Å². The van der Waals surface area contributed by atoms with Gasteiger partial charge in [0.15, 0.2) is 0 Å². The Hall–Kier alpha value is -1.44. The first kappa shape index (κ1) is 10.6. The minimum atomic E-state index is -0.0271. The molecular weight excluding hydrogens is 176 g/mol. The number of benzene rings is 1. The molecule has 14 heavy (non-hydrogen) atoms. The molecule has 0 bridgehead atoms. The van der Waals surface area contributed by atoms with Crippen molar-refractivity contribution in [3.05, 3.63) is 35.4 Å². The molecule has 0 saturated carbocycles. The fourth-order valence-corrected chi connectivity index (χ4v) is 1.45. The van der Waals surface area contributed by atoms with Gasteiger partial charge in [-0.15, -0.1) is 0 Å². The Morgan fingerprint density at radius 2 is 1.86 bits per heavy atom. The van der Waals surface area contributed by atoms with Crippen LogP contribution in [0, 0.1) is 0 Å². The van der Waals surface area contributed by atoms with Gasteiger partial charge in [-0.05, 0) is 12.0 Å². The average molecular weight is 190 g/mol. The van der Waals surface area contributed by atoms with E-state index in [0.717, 1.165) is 31.0 Å². The molecule has 1 aromatic rings. The van der Waals surface area contributed by atoms with Crippen molar-refractivity contribution < 1.29 is 9.59 Å². The SMILES string of the molecule is CCCC(C=O)c1ccc(C=O)cc1. The Bertz CT molecular complexity index is 301. The van der Waals surface area contributed by atoms with Gasteiger partial charge in [-0.2, -0.15) is 0 Å². The molecule has 2 nitrogen and oxygen atoms in total. The first-order valence-electron chi connectivity index (χ1n) is 4.82. The molecule has 1 unspecified atom stereocenters. The standard InChI is InChI=1S/C12H14O2/c1-2-3-12(9-14)11-6-4-10(8-13)5-7-11/h4-9,12H,2-3H2,1H3. The molecular formula is C12H14O2. The average Bonchev–Trinajstić information content (AvgIpc) is 2.26. The molecule has 0 heterocycles. The molecule has 0 aliphatic carbocycles. The predicted octanol–water partition coefficient (Wildman–Crippen LogP) is 2.58. The van der Waals surface area contributed by atoms with Crippen LogP contribution in [0.4, 0.5) is 0 Å². The van der Waals surface area contributed by atoms with Gasteiger partial charge in [0.2, 0.25) is 0 Å². The maximum absolute atomic E-state index is 10.8. The van der Waals surface area contributed by atoms with Gasteiger partial charge in [-0.3, -0.25) is 4.79 Å². The van der Waals surface area contributed by atoms with Crippen LogP contribution < -0.4 is 0 Å². The highest BCUT2D eigenvalue weighted by atomic mass is 16.1. The summed E-state index contributed by atoms with van der Waals surface area (Å²) in [6, 6.07) is 7.18. The number of aldehydes is 2. The highest BCUT2D eigenvalue weighted by Crippen LogP contribution is 2.18. The van der Waals surface area contributed by atoms with Crippen LogP contribution in [0.15, 0.2) is 24.3 Å².